The molecule has 0 saturated carbocycles. The number of unbranched alkanes of at least 4 members (excludes halogenated alkanes) is 1. The fourth-order valence-electron chi connectivity index (χ4n) is 4.97. The van der Waals surface area contributed by atoms with E-state index in [4.69, 9.17) is 19.8 Å². The molecule has 3 aliphatic heterocycles. The van der Waals surface area contributed by atoms with Gasteiger partial charge in [-0.1, -0.05) is 12.1 Å². The fourth-order valence-corrected chi connectivity index (χ4v) is 5.77. The number of aromatic nitrogens is 1. The van der Waals surface area contributed by atoms with Crippen LogP contribution in [0.1, 0.15) is 25.7 Å². The fraction of sp³-hybridized carbons (Fsp3) is 0.542. The normalized spacial score (nSPS) is 22.1. The first-order valence-corrected chi connectivity index (χ1v) is 13.0. The Hall–Kier alpha value is -3.32. The lowest BCUT2D eigenvalue weighted by atomic mass is 10.1. The number of hydrogen-bond acceptors (Lipinski definition) is 8. The number of carbonyl (C=O) groups excluding carboxylic acids is 2. The summed E-state index contributed by atoms with van der Waals surface area (Å²) in [5.74, 6) is -2.70. The number of anilines is 1. The Labute approximate surface area is 217 Å². The van der Waals surface area contributed by atoms with E-state index in [2.05, 4.69) is 38.4 Å². The third kappa shape index (κ3) is 6.34. The van der Waals surface area contributed by atoms with Crippen molar-refractivity contribution >= 4 is 51.3 Å². The van der Waals surface area contributed by atoms with E-state index in [1.165, 1.54) is 15.0 Å². The summed E-state index contributed by atoms with van der Waals surface area (Å²) in [4.78, 5) is 50.8. The molecule has 13 heteroatoms. The van der Waals surface area contributed by atoms with Crippen LogP contribution in [0, 0.1) is 0 Å². The zero-order valence-electron chi connectivity index (χ0n) is 20.3. The van der Waals surface area contributed by atoms with Crippen LogP contribution in [-0.4, -0.2) is 111 Å². The second kappa shape index (κ2) is 11.8. The number of carbonyl (C=O) groups is 4. The topological polar surface area (TPSA) is 135 Å². The Bertz CT molecular complexity index is 1140. The Morgan fingerprint density at radius 2 is 1.70 bits per heavy atom. The third-order valence-electron chi connectivity index (χ3n) is 6.87. The zero-order chi connectivity index (χ0) is 26.5. The van der Waals surface area contributed by atoms with E-state index in [0.717, 1.165) is 51.4 Å². The van der Waals surface area contributed by atoms with Crippen LogP contribution in [0.15, 0.2) is 24.3 Å². The molecular formula is C24H30FN5O6S. The molecule has 0 radical (unpaired) electrons. The molecule has 3 amide bonds. The van der Waals surface area contributed by atoms with Crippen LogP contribution >= 0.6 is 11.5 Å². The molecule has 2 atom stereocenters. The highest BCUT2D eigenvalue weighted by atomic mass is 32.1. The van der Waals surface area contributed by atoms with Crippen LogP contribution in [0.4, 0.5) is 15.0 Å². The molecule has 200 valence electrons. The van der Waals surface area contributed by atoms with Crippen molar-refractivity contribution in [3.05, 3.63) is 24.3 Å². The highest BCUT2D eigenvalue weighted by Crippen LogP contribution is 2.30. The summed E-state index contributed by atoms with van der Waals surface area (Å²) < 4.78 is 19.5. The monoisotopic (exact) mass is 535 g/mol. The number of carboxylic acids is 2. The number of benzene rings is 1. The third-order valence-corrected chi connectivity index (χ3v) is 7.69. The van der Waals surface area contributed by atoms with Gasteiger partial charge in [-0.25, -0.2) is 18.8 Å². The quantitative estimate of drug-likeness (QED) is 0.421. The number of nitrogens with zero attached hydrogens (tertiary/aromatic N) is 5. The van der Waals surface area contributed by atoms with Gasteiger partial charge >= 0.3 is 18.0 Å². The van der Waals surface area contributed by atoms with Crippen LogP contribution in [0.25, 0.3) is 10.1 Å². The molecule has 0 bridgehead atoms. The lowest BCUT2D eigenvalue weighted by Crippen LogP contribution is -2.54. The second-order valence-corrected chi connectivity index (χ2v) is 10.1. The zero-order valence-corrected chi connectivity index (χ0v) is 21.1. The summed E-state index contributed by atoms with van der Waals surface area (Å²) in [6.45, 7) is 5.41. The van der Waals surface area contributed by atoms with Gasteiger partial charge in [-0.15, -0.1) is 0 Å². The summed E-state index contributed by atoms with van der Waals surface area (Å²) in [7, 11) is 0. The standard InChI is InChI=1S/C22H28FN5O2S.C2H2O4/c23-16-13-17-14-20(29)27(22(30)28(17)15-16)8-4-3-7-25-9-11-26(12-10-25)21-18-5-1-2-6-19(18)31-24-21;3-1(4)2(5)6/h1-2,5-6,16-17H,3-4,7-15H2;(H,3,4)(H,5,6). The number of aliphatic carboxylic acids is 2. The number of halogens is 1. The SMILES string of the molecule is O=C(O)C(=O)O.O=C1CC2CC(F)CN2C(=O)N1CCCCN1CCN(c2nsc3ccccc23)CC1. The number of alkyl halides is 1. The summed E-state index contributed by atoms with van der Waals surface area (Å²) in [5.41, 5.74) is 0. The molecule has 0 aliphatic carbocycles. The predicted molar refractivity (Wildman–Crippen MR) is 135 cm³/mol. The van der Waals surface area contributed by atoms with Crippen molar-refractivity contribution in [2.75, 3.05) is 50.7 Å². The van der Waals surface area contributed by atoms with Gasteiger partial charge in [-0.3, -0.25) is 14.6 Å². The summed E-state index contributed by atoms with van der Waals surface area (Å²) in [6.07, 6.45) is 1.29. The smallest absolute Gasteiger partial charge is 0.414 e. The molecular weight excluding hydrogens is 505 g/mol. The molecule has 2 aromatic rings. The van der Waals surface area contributed by atoms with Gasteiger partial charge in [0, 0.05) is 57.0 Å². The lowest BCUT2D eigenvalue weighted by Gasteiger charge is -2.36. The van der Waals surface area contributed by atoms with Crippen molar-refractivity contribution in [3.63, 3.8) is 0 Å². The second-order valence-electron chi connectivity index (χ2n) is 9.32. The highest BCUT2D eigenvalue weighted by Gasteiger charge is 2.44. The first kappa shape index (κ1) is 26.7. The van der Waals surface area contributed by atoms with Gasteiger partial charge in [0.25, 0.3) is 0 Å². The van der Waals surface area contributed by atoms with Crippen molar-refractivity contribution in [2.24, 2.45) is 0 Å². The van der Waals surface area contributed by atoms with E-state index in [9.17, 15) is 14.0 Å². The molecule has 1 aromatic heterocycles. The van der Waals surface area contributed by atoms with Gasteiger partial charge in [0.05, 0.1) is 11.2 Å². The van der Waals surface area contributed by atoms with Crippen molar-refractivity contribution < 1.29 is 33.8 Å². The largest absolute Gasteiger partial charge is 0.473 e. The van der Waals surface area contributed by atoms with Gasteiger partial charge in [0.1, 0.15) is 12.0 Å². The van der Waals surface area contributed by atoms with Gasteiger partial charge < -0.3 is 20.0 Å². The molecule has 11 nitrogen and oxygen atoms in total. The number of rotatable bonds is 6. The molecule has 3 aliphatic rings. The Kier molecular flexibility index (Phi) is 8.54. The summed E-state index contributed by atoms with van der Waals surface area (Å²) >= 11 is 1.56. The van der Waals surface area contributed by atoms with E-state index in [1.807, 2.05) is 0 Å². The predicted octanol–water partition coefficient (Wildman–Crippen LogP) is 2.12. The van der Waals surface area contributed by atoms with Crippen molar-refractivity contribution in [1.82, 2.24) is 19.1 Å². The maximum atomic E-state index is 13.6. The number of fused-ring (bicyclic) bond motifs is 2. The average Bonchev–Trinajstić information content (AvgIpc) is 3.47. The first-order valence-electron chi connectivity index (χ1n) is 12.3. The maximum Gasteiger partial charge on any atom is 0.414 e. The van der Waals surface area contributed by atoms with Gasteiger partial charge in [0.15, 0.2) is 0 Å². The molecule has 37 heavy (non-hydrogen) atoms. The number of amides is 3. The molecule has 4 heterocycles. The minimum atomic E-state index is -1.82. The van der Waals surface area contributed by atoms with Gasteiger partial charge in [-0.2, -0.15) is 4.37 Å². The highest BCUT2D eigenvalue weighted by molar-refractivity contribution is 7.13. The molecule has 2 unspecified atom stereocenters. The Morgan fingerprint density at radius 3 is 2.41 bits per heavy atom. The van der Waals surface area contributed by atoms with Crippen molar-refractivity contribution in [1.29, 1.82) is 0 Å². The number of carboxylic acid groups (broad SMARTS) is 2. The van der Waals surface area contributed by atoms with Gasteiger partial charge in [0.2, 0.25) is 5.91 Å². The van der Waals surface area contributed by atoms with Crippen LogP contribution in [0.3, 0.4) is 0 Å². The summed E-state index contributed by atoms with van der Waals surface area (Å²) in [5, 5.41) is 16.0. The van der Waals surface area contributed by atoms with E-state index >= 15 is 0 Å². The van der Waals surface area contributed by atoms with E-state index < -0.39 is 18.1 Å². The van der Waals surface area contributed by atoms with E-state index in [0.29, 0.717) is 13.0 Å². The minimum Gasteiger partial charge on any atom is -0.473 e. The molecule has 1 aromatic carbocycles. The number of urea groups is 1. The van der Waals surface area contributed by atoms with Crippen LogP contribution in [0.2, 0.25) is 0 Å². The number of hydrogen-bond donors (Lipinski definition) is 2. The maximum absolute atomic E-state index is 13.6. The van der Waals surface area contributed by atoms with E-state index in [1.54, 1.807) is 16.4 Å². The van der Waals surface area contributed by atoms with Crippen LogP contribution in [-0.2, 0) is 14.4 Å². The number of imide groups is 1. The Balaban J connectivity index is 0.000000480. The molecule has 3 fully saturated rings. The van der Waals surface area contributed by atoms with Crippen molar-refractivity contribution in [3.8, 4) is 0 Å². The van der Waals surface area contributed by atoms with Crippen LogP contribution < -0.4 is 4.90 Å². The van der Waals surface area contributed by atoms with Crippen molar-refractivity contribution in [2.45, 2.75) is 37.9 Å². The van der Waals surface area contributed by atoms with E-state index in [-0.39, 0.29) is 30.9 Å². The van der Waals surface area contributed by atoms with Gasteiger partial charge in [-0.05, 0) is 43.1 Å². The minimum absolute atomic E-state index is 0.131. The first-order chi connectivity index (χ1) is 17.7. The van der Waals surface area contributed by atoms with Crippen LogP contribution in [0.5, 0.6) is 0 Å². The molecule has 5 rings (SSSR count). The Morgan fingerprint density at radius 1 is 1.03 bits per heavy atom. The summed E-state index contributed by atoms with van der Waals surface area (Å²) in [6, 6.07) is 7.83. The average molecular weight is 536 g/mol. The molecule has 2 N–H and O–H groups in total. The molecule has 0 spiro atoms. The molecule has 3 saturated heterocycles. The lowest BCUT2D eigenvalue weighted by molar-refractivity contribution is -0.159. The number of piperazine rings is 1.